The van der Waals surface area contributed by atoms with Crippen molar-refractivity contribution in [3.8, 4) is 6.07 Å². The Labute approximate surface area is 118 Å². The van der Waals surface area contributed by atoms with Gasteiger partial charge in [0, 0.05) is 24.8 Å². The first kappa shape index (κ1) is 14.2. The molecule has 4 heteroatoms. The minimum Gasteiger partial charge on any atom is -0.293 e. The van der Waals surface area contributed by atoms with Crippen molar-refractivity contribution in [2.45, 2.75) is 20.0 Å². The average Bonchev–Trinajstić information content (AvgIpc) is 2.49. The van der Waals surface area contributed by atoms with Crippen molar-refractivity contribution in [2.75, 3.05) is 6.54 Å². The largest absolute Gasteiger partial charge is 0.293 e. The van der Waals surface area contributed by atoms with Gasteiger partial charge >= 0.3 is 0 Å². The van der Waals surface area contributed by atoms with Crippen LogP contribution in [0.3, 0.4) is 0 Å². The van der Waals surface area contributed by atoms with Crippen LogP contribution in [0, 0.1) is 17.1 Å². The highest BCUT2D eigenvalue weighted by Gasteiger charge is 2.09. The van der Waals surface area contributed by atoms with Gasteiger partial charge in [-0.1, -0.05) is 19.1 Å². The van der Waals surface area contributed by atoms with E-state index in [0.29, 0.717) is 24.2 Å². The molecular formula is C16H16FN3. The molecule has 0 atom stereocenters. The molecule has 1 aromatic carbocycles. The lowest BCUT2D eigenvalue weighted by Crippen LogP contribution is -2.23. The van der Waals surface area contributed by atoms with Gasteiger partial charge in [-0.25, -0.2) is 4.39 Å². The van der Waals surface area contributed by atoms with Gasteiger partial charge in [0.05, 0.1) is 17.3 Å². The summed E-state index contributed by atoms with van der Waals surface area (Å²) in [7, 11) is 0. The molecule has 0 bridgehead atoms. The zero-order chi connectivity index (χ0) is 14.4. The summed E-state index contributed by atoms with van der Waals surface area (Å²) in [6, 6.07) is 12.3. The standard InChI is InChI=1S/C16H16FN3/c1-2-20(12-15-5-3-4-8-19-15)11-14-7-6-13(10-18)9-16(14)17/h3-9H,2,11-12H2,1H3. The van der Waals surface area contributed by atoms with Gasteiger partial charge in [-0.15, -0.1) is 0 Å². The maximum atomic E-state index is 13.9. The van der Waals surface area contributed by atoms with Gasteiger partial charge in [-0.3, -0.25) is 9.88 Å². The molecule has 20 heavy (non-hydrogen) atoms. The fourth-order valence-electron chi connectivity index (χ4n) is 1.99. The van der Waals surface area contributed by atoms with E-state index in [2.05, 4.69) is 9.88 Å². The summed E-state index contributed by atoms with van der Waals surface area (Å²) in [5.41, 5.74) is 1.91. The van der Waals surface area contributed by atoms with E-state index >= 15 is 0 Å². The molecule has 0 aliphatic rings. The third-order valence-corrected chi connectivity index (χ3v) is 3.14. The third-order valence-electron chi connectivity index (χ3n) is 3.14. The van der Waals surface area contributed by atoms with E-state index in [1.165, 1.54) is 6.07 Å². The van der Waals surface area contributed by atoms with Gasteiger partial charge in [0.1, 0.15) is 5.82 Å². The smallest absolute Gasteiger partial charge is 0.129 e. The maximum absolute atomic E-state index is 13.9. The lowest BCUT2D eigenvalue weighted by atomic mass is 10.1. The summed E-state index contributed by atoms with van der Waals surface area (Å²) < 4.78 is 13.9. The first-order chi connectivity index (χ1) is 9.72. The van der Waals surface area contributed by atoms with Crippen molar-refractivity contribution in [1.82, 2.24) is 9.88 Å². The lowest BCUT2D eigenvalue weighted by molar-refractivity contribution is 0.264. The lowest BCUT2D eigenvalue weighted by Gasteiger charge is -2.20. The van der Waals surface area contributed by atoms with Crippen LogP contribution in [0.1, 0.15) is 23.7 Å². The predicted octanol–water partition coefficient (Wildman–Crippen LogP) is 3.11. The molecule has 0 fully saturated rings. The van der Waals surface area contributed by atoms with Crippen LogP contribution in [0.5, 0.6) is 0 Å². The molecule has 0 aliphatic carbocycles. The minimum absolute atomic E-state index is 0.330. The fourth-order valence-corrected chi connectivity index (χ4v) is 1.99. The average molecular weight is 269 g/mol. The number of nitriles is 1. The number of hydrogen-bond donors (Lipinski definition) is 0. The molecule has 0 N–H and O–H groups in total. The van der Waals surface area contributed by atoms with Crippen molar-refractivity contribution in [2.24, 2.45) is 0 Å². The van der Waals surface area contributed by atoms with E-state index in [1.54, 1.807) is 18.3 Å². The summed E-state index contributed by atoms with van der Waals surface area (Å²) in [5, 5.41) is 8.74. The van der Waals surface area contributed by atoms with E-state index in [4.69, 9.17) is 5.26 Å². The van der Waals surface area contributed by atoms with Gasteiger partial charge in [0.15, 0.2) is 0 Å². The van der Waals surface area contributed by atoms with Crippen LogP contribution < -0.4 is 0 Å². The Morgan fingerprint density at radius 3 is 2.70 bits per heavy atom. The second kappa shape index (κ2) is 6.78. The van der Waals surface area contributed by atoms with Crippen LogP contribution in [0.15, 0.2) is 42.6 Å². The van der Waals surface area contributed by atoms with Gasteiger partial charge in [-0.05, 0) is 30.8 Å². The first-order valence-corrected chi connectivity index (χ1v) is 6.53. The Morgan fingerprint density at radius 1 is 1.25 bits per heavy atom. The molecule has 0 spiro atoms. The normalized spacial score (nSPS) is 10.5. The predicted molar refractivity (Wildman–Crippen MR) is 75.1 cm³/mol. The summed E-state index contributed by atoms with van der Waals surface area (Å²) in [5.74, 6) is -0.330. The molecule has 1 aromatic heterocycles. The Morgan fingerprint density at radius 2 is 2.10 bits per heavy atom. The highest BCUT2D eigenvalue weighted by molar-refractivity contribution is 5.32. The van der Waals surface area contributed by atoms with E-state index in [0.717, 1.165) is 12.2 Å². The Kier molecular flexibility index (Phi) is 4.80. The molecule has 102 valence electrons. The van der Waals surface area contributed by atoms with E-state index in [9.17, 15) is 4.39 Å². The third kappa shape index (κ3) is 3.62. The van der Waals surface area contributed by atoms with E-state index in [1.807, 2.05) is 31.2 Å². The zero-order valence-corrected chi connectivity index (χ0v) is 11.4. The first-order valence-electron chi connectivity index (χ1n) is 6.53. The molecule has 0 saturated carbocycles. The summed E-state index contributed by atoms with van der Waals surface area (Å²) in [4.78, 5) is 6.38. The Hall–Kier alpha value is -2.25. The summed E-state index contributed by atoms with van der Waals surface area (Å²) in [6.45, 7) is 4.02. The highest BCUT2D eigenvalue weighted by atomic mass is 19.1. The number of nitrogens with zero attached hydrogens (tertiary/aromatic N) is 3. The van der Waals surface area contributed by atoms with Gasteiger partial charge < -0.3 is 0 Å². The Bertz CT molecular complexity index is 605. The molecule has 1 heterocycles. The van der Waals surface area contributed by atoms with Crippen molar-refractivity contribution >= 4 is 0 Å². The zero-order valence-electron chi connectivity index (χ0n) is 11.4. The molecule has 0 amide bonds. The molecule has 0 aliphatic heterocycles. The van der Waals surface area contributed by atoms with Crippen molar-refractivity contribution in [3.63, 3.8) is 0 Å². The highest BCUT2D eigenvalue weighted by Crippen LogP contribution is 2.14. The minimum atomic E-state index is -0.330. The van der Waals surface area contributed by atoms with Crippen LogP contribution in [0.2, 0.25) is 0 Å². The topological polar surface area (TPSA) is 39.9 Å². The quantitative estimate of drug-likeness (QED) is 0.837. The summed E-state index contributed by atoms with van der Waals surface area (Å²) in [6.07, 6.45) is 1.76. The monoisotopic (exact) mass is 269 g/mol. The number of benzene rings is 1. The van der Waals surface area contributed by atoms with Crippen molar-refractivity contribution in [3.05, 3.63) is 65.2 Å². The van der Waals surface area contributed by atoms with Crippen LogP contribution >= 0.6 is 0 Å². The van der Waals surface area contributed by atoms with Crippen LogP contribution in [0.4, 0.5) is 4.39 Å². The molecule has 2 aromatic rings. The number of halogens is 1. The van der Waals surface area contributed by atoms with E-state index < -0.39 is 0 Å². The number of rotatable bonds is 5. The van der Waals surface area contributed by atoms with Crippen molar-refractivity contribution < 1.29 is 4.39 Å². The van der Waals surface area contributed by atoms with E-state index in [-0.39, 0.29) is 5.82 Å². The molecular weight excluding hydrogens is 253 g/mol. The SMILES string of the molecule is CCN(Cc1ccccn1)Cc1ccc(C#N)cc1F. The number of hydrogen-bond acceptors (Lipinski definition) is 3. The number of pyridine rings is 1. The maximum Gasteiger partial charge on any atom is 0.129 e. The number of aromatic nitrogens is 1. The molecule has 0 saturated heterocycles. The fraction of sp³-hybridized carbons (Fsp3) is 0.250. The van der Waals surface area contributed by atoms with Crippen LogP contribution in [0.25, 0.3) is 0 Å². The molecule has 2 rings (SSSR count). The second-order valence-corrected chi connectivity index (χ2v) is 4.54. The van der Waals surface area contributed by atoms with Gasteiger partial charge in [0.25, 0.3) is 0 Å². The second-order valence-electron chi connectivity index (χ2n) is 4.54. The molecule has 0 unspecified atom stereocenters. The van der Waals surface area contributed by atoms with Crippen molar-refractivity contribution in [1.29, 1.82) is 5.26 Å². The van der Waals surface area contributed by atoms with Gasteiger partial charge in [-0.2, -0.15) is 5.26 Å². The van der Waals surface area contributed by atoms with Crippen LogP contribution in [-0.4, -0.2) is 16.4 Å². The summed E-state index contributed by atoms with van der Waals surface area (Å²) >= 11 is 0. The molecule has 0 radical (unpaired) electrons. The Balaban J connectivity index is 2.09. The van der Waals surface area contributed by atoms with Crippen LogP contribution in [-0.2, 0) is 13.1 Å². The van der Waals surface area contributed by atoms with Gasteiger partial charge in [0.2, 0.25) is 0 Å². The molecule has 3 nitrogen and oxygen atoms in total.